The molecule has 0 spiro atoms. The lowest BCUT2D eigenvalue weighted by molar-refractivity contribution is 0.0978. The first-order valence-corrected chi connectivity index (χ1v) is 7.60. The van der Waals surface area contributed by atoms with Crippen LogP contribution in [-0.4, -0.2) is 11.6 Å². The largest absolute Gasteiger partial charge is 0.289 e. The van der Waals surface area contributed by atoms with Crippen LogP contribution >= 0.6 is 0 Å². The van der Waals surface area contributed by atoms with Crippen molar-refractivity contribution in [1.29, 1.82) is 0 Å². The zero-order valence-corrected chi connectivity index (χ0v) is 12.5. The van der Waals surface area contributed by atoms with Crippen LogP contribution in [0.15, 0.2) is 72.8 Å². The lowest BCUT2D eigenvalue weighted by Crippen LogP contribution is -2.22. The molecule has 0 aliphatic heterocycles. The fourth-order valence-electron chi connectivity index (χ4n) is 3.18. The minimum absolute atomic E-state index is 0.0540. The monoisotopic (exact) mass is 298 g/mol. The van der Waals surface area contributed by atoms with Crippen molar-refractivity contribution in [3.63, 3.8) is 0 Å². The van der Waals surface area contributed by atoms with Gasteiger partial charge in [0.05, 0.1) is 0 Å². The van der Waals surface area contributed by atoms with Crippen molar-refractivity contribution < 1.29 is 9.59 Å². The van der Waals surface area contributed by atoms with E-state index in [1.165, 1.54) is 0 Å². The normalized spacial score (nSPS) is 12.7. The standard InChI is InChI=1S/C21H14O2/c22-20-16-10-4-5-11-17(16)21(23)19-15(9-6-12-18(19)20)13-14-7-2-1-3-8-14/h1-12H,13H2. The van der Waals surface area contributed by atoms with E-state index in [-0.39, 0.29) is 11.6 Å². The maximum absolute atomic E-state index is 12.9. The maximum Gasteiger partial charge on any atom is 0.194 e. The Hall–Kier alpha value is -3.00. The van der Waals surface area contributed by atoms with Gasteiger partial charge in [-0.25, -0.2) is 0 Å². The van der Waals surface area contributed by atoms with Gasteiger partial charge in [-0.15, -0.1) is 0 Å². The molecule has 2 nitrogen and oxygen atoms in total. The van der Waals surface area contributed by atoms with Gasteiger partial charge in [-0.05, 0) is 17.5 Å². The van der Waals surface area contributed by atoms with Crippen LogP contribution in [0.25, 0.3) is 0 Å². The third-order valence-corrected chi connectivity index (χ3v) is 4.28. The molecular weight excluding hydrogens is 284 g/mol. The fraction of sp³-hybridized carbons (Fsp3) is 0.0476. The van der Waals surface area contributed by atoms with Crippen molar-refractivity contribution in [2.75, 3.05) is 0 Å². The molecule has 3 aromatic rings. The number of benzene rings is 3. The summed E-state index contributed by atoms with van der Waals surface area (Å²) in [5.74, 6) is -0.119. The van der Waals surface area contributed by atoms with Gasteiger partial charge in [0.25, 0.3) is 0 Å². The lowest BCUT2D eigenvalue weighted by Gasteiger charge is -2.20. The second-order valence-corrected chi connectivity index (χ2v) is 5.71. The SMILES string of the molecule is O=C1c2ccccc2C(=O)c2c(Cc3ccccc3)cccc21. The minimum Gasteiger partial charge on any atom is -0.289 e. The number of hydrogen-bond donors (Lipinski definition) is 0. The van der Waals surface area contributed by atoms with Gasteiger partial charge in [-0.1, -0.05) is 72.8 Å². The number of rotatable bonds is 2. The molecular formula is C21H14O2. The van der Waals surface area contributed by atoms with Crippen molar-refractivity contribution in [3.05, 3.63) is 106 Å². The molecule has 2 heteroatoms. The van der Waals surface area contributed by atoms with Crippen molar-refractivity contribution in [1.82, 2.24) is 0 Å². The summed E-state index contributed by atoms with van der Waals surface area (Å²) in [4.78, 5) is 25.6. The van der Waals surface area contributed by atoms with Gasteiger partial charge >= 0.3 is 0 Å². The first-order chi connectivity index (χ1) is 11.3. The van der Waals surface area contributed by atoms with E-state index in [9.17, 15) is 9.59 Å². The number of fused-ring (bicyclic) bond motifs is 2. The van der Waals surface area contributed by atoms with Gasteiger partial charge in [0.1, 0.15) is 0 Å². The molecule has 4 rings (SSSR count). The van der Waals surface area contributed by atoms with E-state index in [2.05, 4.69) is 0 Å². The average molecular weight is 298 g/mol. The molecule has 0 atom stereocenters. The summed E-state index contributed by atoms with van der Waals surface area (Å²) in [6, 6.07) is 22.6. The summed E-state index contributed by atoms with van der Waals surface area (Å²) < 4.78 is 0. The summed E-state index contributed by atoms with van der Waals surface area (Å²) in [5.41, 5.74) is 4.11. The Labute approximate surface area is 134 Å². The molecule has 1 aliphatic rings. The molecule has 0 heterocycles. The second-order valence-electron chi connectivity index (χ2n) is 5.71. The van der Waals surface area contributed by atoms with E-state index in [0.29, 0.717) is 28.7 Å². The molecule has 0 N–H and O–H groups in total. The molecule has 0 aromatic heterocycles. The fourth-order valence-corrected chi connectivity index (χ4v) is 3.18. The van der Waals surface area contributed by atoms with E-state index < -0.39 is 0 Å². The first kappa shape index (κ1) is 13.6. The van der Waals surface area contributed by atoms with E-state index in [1.807, 2.05) is 42.5 Å². The molecule has 23 heavy (non-hydrogen) atoms. The molecule has 0 amide bonds. The summed E-state index contributed by atoms with van der Waals surface area (Å²) in [6.45, 7) is 0. The number of carbonyl (C=O) groups is 2. The van der Waals surface area contributed by atoms with E-state index in [4.69, 9.17) is 0 Å². The maximum atomic E-state index is 12.9. The summed E-state index contributed by atoms with van der Waals surface area (Å²) in [7, 11) is 0. The Bertz CT molecular complexity index is 924. The third-order valence-electron chi connectivity index (χ3n) is 4.28. The van der Waals surface area contributed by atoms with Crippen LogP contribution < -0.4 is 0 Å². The Balaban J connectivity index is 1.87. The Kier molecular flexibility index (Phi) is 3.16. The van der Waals surface area contributed by atoms with Crippen molar-refractivity contribution in [3.8, 4) is 0 Å². The highest BCUT2D eigenvalue weighted by molar-refractivity contribution is 6.28. The first-order valence-electron chi connectivity index (χ1n) is 7.60. The van der Waals surface area contributed by atoms with Gasteiger partial charge in [0, 0.05) is 22.3 Å². The predicted octanol–water partition coefficient (Wildman–Crippen LogP) is 4.05. The van der Waals surface area contributed by atoms with Crippen LogP contribution in [0, 0.1) is 0 Å². The summed E-state index contributed by atoms with van der Waals surface area (Å²) in [6.07, 6.45) is 0.644. The van der Waals surface area contributed by atoms with E-state index in [1.54, 1.807) is 30.3 Å². The quantitative estimate of drug-likeness (QED) is 0.559. The topological polar surface area (TPSA) is 34.1 Å². The van der Waals surface area contributed by atoms with Gasteiger partial charge in [0.2, 0.25) is 0 Å². The summed E-state index contributed by atoms with van der Waals surface area (Å²) >= 11 is 0. The number of hydrogen-bond acceptors (Lipinski definition) is 2. The van der Waals surface area contributed by atoms with E-state index >= 15 is 0 Å². The highest BCUT2D eigenvalue weighted by Crippen LogP contribution is 2.30. The molecule has 0 unspecified atom stereocenters. The lowest BCUT2D eigenvalue weighted by atomic mass is 9.81. The van der Waals surface area contributed by atoms with Gasteiger partial charge in [-0.3, -0.25) is 9.59 Å². The predicted molar refractivity (Wildman–Crippen MR) is 89.0 cm³/mol. The van der Waals surface area contributed by atoms with E-state index in [0.717, 1.165) is 11.1 Å². The molecule has 0 saturated carbocycles. The van der Waals surface area contributed by atoms with Crippen LogP contribution in [0.3, 0.4) is 0 Å². The van der Waals surface area contributed by atoms with Crippen LogP contribution in [0.5, 0.6) is 0 Å². The zero-order valence-electron chi connectivity index (χ0n) is 12.5. The highest BCUT2D eigenvalue weighted by Gasteiger charge is 2.30. The third kappa shape index (κ3) is 2.20. The highest BCUT2D eigenvalue weighted by atomic mass is 16.1. The van der Waals surface area contributed by atoms with Crippen LogP contribution in [-0.2, 0) is 6.42 Å². The van der Waals surface area contributed by atoms with Crippen LogP contribution in [0.1, 0.15) is 43.0 Å². The van der Waals surface area contributed by atoms with Gasteiger partial charge in [0.15, 0.2) is 11.6 Å². The molecule has 3 aromatic carbocycles. The zero-order chi connectivity index (χ0) is 15.8. The van der Waals surface area contributed by atoms with Gasteiger partial charge in [-0.2, -0.15) is 0 Å². The van der Waals surface area contributed by atoms with Crippen molar-refractivity contribution >= 4 is 11.6 Å². The smallest absolute Gasteiger partial charge is 0.194 e. The van der Waals surface area contributed by atoms with Crippen molar-refractivity contribution in [2.45, 2.75) is 6.42 Å². The number of ketones is 2. The molecule has 1 aliphatic carbocycles. The summed E-state index contributed by atoms with van der Waals surface area (Å²) in [5, 5.41) is 0. The van der Waals surface area contributed by atoms with Crippen molar-refractivity contribution in [2.24, 2.45) is 0 Å². The molecule has 0 bridgehead atoms. The molecule has 0 saturated heterocycles. The average Bonchev–Trinajstić information content (AvgIpc) is 2.60. The Morgan fingerprint density at radius 1 is 0.565 bits per heavy atom. The van der Waals surface area contributed by atoms with Crippen LogP contribution in [0.4, 0.5) is 0 Å². The molecule has 110 valence electrons. The Morgan fingerprint density at radius 2 is 1.17 bits per heavy atom. The Morgan fingerprint density at radius 3 is 1.91 bits per heavy atom. The molecule has 0 fully saturated rings. The second kappa shape index (κ2) is 5.33. The molecule has 0 radical (unpaired) electrons. The van der Waals surface area contributed by atoms with Gasteiger partial charge < -0.3 is 0 Å². The van der Waals surface area contributed by atoms with Crippen LogP contribution in [0.2, 0.25) is 0 Å². The number of carbonyl (C=O) groups excluding carboxylic acids is 2. The minimum atomic E-state index is -0.0647.